The first kappa shape index (κ1) is 13.2. The van der Waals surface area contributed by atoms with Crippen LogP contribution in [0.5, 0.6) is 0 Å². The molecule has 1 saturated heterocycles. The van der Waals surface area contributed by atoms with E-state index in [0.29, 0.717) is 6.42 Å². The van der Waals surface area contributed by atoms with Crippen molar-refractivity contribution in [3.63, 3.8) is 0 Å². The summed E-state index contributed by atoms with van der Waals surface area (Å²) in [5.41, 5.74) is -1.22. The largest absolute Gasteiger partial charge is 0.465 e. The van der Waals surface area contributed by atoms with E-state index in [4.69, 9.17) is 4.74 Å². The molecule has 0 amide bonds. The van der Waals surface area contributed by atoms with Gasteiger partial charge in [-0.3, -0.25) is 9.59 Å². The van der Waals surface area contributed by atoms with Gasteiger partial charge in [-0.2, -0.15) is 0 Å². The number of rotatable bonds is 5. The van der Waals surface area contributed by atoms with E-state index in [9.17, 15) is 18.0 Å². The SMILES string of the molecule is CCS(=O)(=O)CCC1(C(C)=O)CCOC1=O. The molecule has 0 spiro atoms. The first-order valence-corrected chi connectivity index (χ1v) is 7.05. The van der Waals surface area contributed by atoms with Crippen molar-refractivity contribution in [2.45, 2.75) is 26.7 Å². The zero-order valence-corrected chi connectivity index (χ0v) is 10.3. The Balaban J connectivity index is 2.82. The molecule has 0 radical (unpaired) electrons. The summed E-state index contributed by atoms with van der Waals surface area (Å²) >= 11 is 0. The van der Waals surface area contributed by atoms with E-state index in [1.165, 1.54) is 6.92 Å². The van der Waals surface area contributed by atoms with Gasteiger partial charge in [0.15, 0.2) is 0 Å². The molecule has 1 unspecified atom stereocenters. The van der Waals surface area contributed by atoms with Crippen LogP contribution in [0.1, 0.15) is 26.7 Å². The van der Waals surface area contributed by atoms with Gasteiger partial charge in [0.05, 0.1) is 12.4 Å². The lowest BCUT2D eigenvalue weighted by atomic mass is 9.80. The van der Waals surface area contributed by atoms with Crippen molar-refractivity contribution in [3.05, 3.63) is 0 Å². The fourth-order valence-corrected chi connectivity index (χ4v) is 2.70. The molecule has 0 aromatic carbocycles. The molecule has 0 saturated carbocycles. The van der Waals surface area contributed by atoms with Crippen LogP contribution in [-0.4, -0.2) is 38.3 Å². The molecule has 0 aromatic rings. The van der Waals surface area contributed by atoms with Gasteiger partial charge in [0.2, 0.25) is 0 Å². The Kier molecular flexibility index (Phi) is 3.72. The van der Waals surface area contributed by atoms with E-state index in [1.54, 1.807) is 6.92 Å². The highest BCUT2D eigenvalue weighted by atomic mass is 32.2. The van der Waals surface area contributed by atoms with Gasteiger partial charge >= 0.3 is 5.97 Å². The monoisotopic (exact) mass is 248 g/mol. The molecule has 0 aliphatic carbocycles. The summed E-state index contributed by atoms with van der Waals surface area (Å²) < 4.78 is 27.5. The number of ether oxygens (including phenoxy) is 1. The maximum Gasteiger partial charge on any atom is 0.319 e. The van der Waals surface area contributed by atoms with E-state index in [0.717, 1.165) is 0 Å². The number of hydrogen-bond donors (Lipinski definition) is 0. The highest BCUT2D eigenvalue weighted by Gasteiger charge is 2.48. The molecule has 1 aliphatic rings. The maximum absolute atomic E-state index is 11.5. The standard InChI is InChI=1S/C10H16O5S/c1-3-16(13,14)7-5-10(8(2)11)4-6-15-9(10)12/h3-7H2,1-2H3. The number of ketones is 1. The van der Waals surface area contributed by atoms with Crippen LogP contribution in [0.4, 0.5) is 0 Å². The maximum atomic E-state index is 11.5. The smallest absolute Gasteiger partial charge is 0.319 e. The molecule has 1 fully saturated rings. The van der Waals surface area contributed by atoms with Crippen LogP contribution in [0.25, 0.3) is 0 Å². The first-order valence-electron chi connectivity index (χ1n) is 5.23. The highest BCUT2D eigenvalue weighted by molar-refractivity contribution is 7.91. The van der Waals surface area contributed by atoms with Crippen LogP contribution in [0, 0.1) is 5.41 Å². The molecule has 1 rings (SSSR count). The number of carbonyl (C=O) groups excluding carboxylic acids is 2. The van der Waals surface area contributed by atoms with Gasteiger partial charge in [-0.1, -0.05) is 6.92 Å². The topological polar surface area (TPSA) is 77.5 Å². The van der Waals surface area contributed by atoms with E-state index < -0.39 is 21.2 Å². The third-order valence-electron chi connectivity index (χ3n) is 3.11. The van der Waals surface area contributed by atoms with E-state index >= 15 is 0 Å². The highest BCUT2D eigenvalue weighted by Crippen LogP contribution is 2.35. The van der Waals surface area contributed by atoms with Crippen molar-refractivity contribution < 1.29 is 22.7 Å². The van der Waals surface area contributed by atoms with Crippen molar-refractivity contribution in [3.8, 4) is 0 Å². The van der Waals surface area contributed by atoms with Crippen LogP contribution in [0.15, 0.2) is 0 Å². The van der Waals surface area contributed by atoms with Crippen LogP contribution in [-0.2, 0) is 24.2 Å². The lowest BCUT2D eigenvalue weighted by Gasteiger charge is -2.20. The van der Waals surface area contributed by atoms with Crippen molar-refractivity contribution in [1.82, 2.24) is 0 Å². The minimum Gasteiger partial charge on any atom is -0.465 e. The number of esters is 1. The average molecular weight is 248 g/mol. The number of sulfone groups is 1. The summed E-state index contributed by atoms with van der Waals surface area (Å²) in [4.78, 5) is 23.0. The zero-order valence-electron chi connectivity index (χ0n) is 9.49. The van der Waals surface area contributed by atoms with Gasteiger partial charge in [0, 0.05) is 12.2 Å². The first-order chi connectivity index (χ1) is 7.34. The lowest BCUT2D eigenvalue weighted by Crippen LogP contribution is -2.36. The van der Waals surface area contributed by atoms with Gasteiger partial charge in [0.25, 0.3) is 0 Å². The third kappa shape index (κ3) is 2.42. The predicted octanol–water partition coefficient (Wildman–Crippen LogP) is 0.334. The number of cyclic esters (lactones) is 1. The average Bonchev–Trinajstić information content (AvgIpc) is 2.58. The fraction of sp³-hybridized carbons (Fsp3) is 0.800. The Hall–Kier alpha value is -0.910. The van der Waals surface area contributed by atoms with Crippen LogP contribution < -0.4 is 0 Å². The van der Waals surface area contributed by atoms with Gasteiger partial charge < -0.3 is 4.74 Å². The fourth-order valence-electron chi connectivity index (χ4n) is 1.76. The zero-order chi connectivity index (χ0) is 12.4. The van der Waals surface area contributed by atoms with Crippen LogP contribution >= 0.6 is 0 Å². The number of hydrogen-bond acceptors (Lipinski definition) is 5. The molecule has 16 heavy (non-hydrogen) atoms. The van der Waals surface area contributed by atoms with Crippen molar-refractivity contribution in [2.24, 2.45) is 5.41 Å². The molecule has 92 valence electrons. The predicted molar refractivity (Wildman–Crippen MR) is 57.6 cm³/mol. The molecular formula is C10H16O5S. The van der Waals surface area contributed by atoms with Crippen molar-refractivity contribution in [1.29, 1.82) is 0 Å². The summed E-state index contributed by atoms with van der Waals surface area (Å²) in [5.74, 6) is -0.999. The Labute approximate surface area is 95.1 Å². The summed E-state index contributed by atoms with van der Waals surface area (Å²) in [6, 6.07) is 0. The molecule has 6 heteroatoms. The molecule has 5 nitrogen and oxygen atoms in total. The molecule has 1 heterocycles. The summed E-state index contributed by atoms with van der Waals surface area (Å²) in [5, 5.41) is 0. The van der Waals surface area contributed by atoms with Crippen molar-refractivity contribution >= 4 is 21.6 Å². The van der Waals surface area contributed by atoms with Gasteiger partial charge in [-0.15, -0.1) is 0 Å². The molecule has 0 aromatic heterocycles. The van der Waals surface area contributed by atoms with Gasteiger partial charge in [0.1, 0.15) is 21.0 Å². The summed E-state index contributed by atoms with van der Waals surface area (Å²) in [7, 11) is -3.16. The Bertz CT molecular complexity index is 397. The van der Waals surface area contributed by atoms with E-state index in [-0.39, 0.29) is 30.3 Å². The molecular weight excluding hydrogens is 232 g/mol. The van der Waals surface area contributed by atoms with Gasteiger partial charge in [-0.25, -0.2) is 8.42 Å². The van der Waals surface area contributed by atoms with E-state index in [2.05, 4.69) is 0 Å². The number of carbonyl (C=O) groups is 2. The molecule has 1 atom stereocenters. The minimum atomic E-state index is -3.16. The second-order valence-electron chi connectivity index (χ2n) is 4.01. The quantitative estimate of drug-likeness (QED) is 0.517. The number of Topliss-reactive ketones (excluding diaryl/α,β-unsaturated/α-hetero) is 1. The molecule has 0 bridgehead atoms. The van der Waals surface area contributed by atoms with Crippen LogP contribution in [0.3, 0.4) is 0 Å². The summed E-state index contributed by atoms with van der Waals surface area (Å²) in [6.07, 6.45) is 0.331. The second-order valence-corrected chi connectivity index (χ2v) is 6.48. The second kappa shape index (κ2) is 4.53. The summed E-state index contributed by atoms with van der Waals surface area (Å²) in [6.45, 7) is 3.05. The lowest BCUT2D eigenvalue weighted by molar-refractivity contribution is -0.150. The Morgan fingerprint density at radius 2 is 2.12 bits per heavy atom. The van der Waals surface area contributed by atoms with Crippen LogP contribution in [0.2, 0.25) is 0 Å². The molecule has 0 N–H and O–H groups in total. The normalized spacial score (nSPS) is 25.5. The Morgan fingerprint density at radius 1 is 1.50 bits per heavy atom. The molecule has 1 aliphatic heterocycles. The van der Waals surface area contributed by atoms with E-state index in [1.807, 2.05) is 0 Å². The minimum absolute atomic E-state index is 0.0238. The third-order valence-corrected chi connectivity index (χ3v) is 4.81. The van der Waals surface area contributed by atoms with Gasteiger partial charge in [-0.05, 0) is 13.3 Å². The Morgan fingerprint density at radius 3 is 2.50 bits per heavy atom. The van der Waals surface area contributed by atoms with Crippen molar-refractivity contribution in [2.75, 3.05) is 18.1 Å².